The highest BCUT2D eigenvalue weighted by Gasteiger charge is 2.04. The maximum Gasteiger partial charge on any atom is 0.226 e. The largest absolute Gasteiger partial charge is 0.397 e. The molecule has 6 nitrogen and oxygen atoms in total. The molecule has 0 atom stereocenters. The number of carbonyl (C=O) groups is 2. The standard InChI is InChI=1S/C10H14N4O2/c11-7-1-2-8(14-6-7)5-10(16)13-4-3-9(12)15/h1-2,6H,3-5,11H2,(H2,12,15)(H,13,16). The van der Waals surface area contributed by atoms with Crippen LogP contribution in [0, 0.1) is 0 Å². The first kappa shape index (κ1) is 12.0. The van der Waals surface area contributed by atoms with Gasteiger partial charge in [-0.25, -0.2) is 0 Å². The van der Waals surface area contributed by atoms with Crippen LogP contribution >= 0.6 is 0 Å². The summed E-state index contributed by atoms with van der Waals surface area (Å²) in [6.45, 7) is 0.253. The molecular formula is C10H14N4O2. The molecule has 1 aromatic heterocycles. The fourth-order valence-corrected chi connectivity index (χ4v) is 1.09. The Morgan fingerprint density at radius 2 is 2.12 bits per heavy atom. The average Bonchev–Trinajstić information content (AvgIpc) is 2.21. The number of rotatable bonds is 5. The number of nitrogen functional groups attached to an aromatic ring is 1. The van der Waals surface area contributed by atoms with Gasteiger partial charge in [-0.15, -0.1) is 0 Å². The molecule has 0 aliphatic rings. The summed E-state index contributed by atoms with van der Waals surface area (Å²) in [6.07, 6.45) is 1.80. The van der Waals surface area contributed by atoms with Crippen molar-refractivity contribution >= 4 is 17.5 Å². The number of nitrogens with zero attached hydrogens (tertiary/aromatic N) is 1. The number of hydrogen-bond acceptors (Lipinski definition) is 4. The molecule has 0 saturated carbocycles. The lowest BCUT2D eigenvalue weighted by Crippen LogP contribution is -2.29. The van der Waals surface area contributed by atoms with Gasteiger partial charge in [-0.1, -0.05) is 0 Å². The first-order chi connectivity index (χ1) is 7.58. The fraction of sp³-hybridized carbons (Fsp3) is 0.300. The summed E-state index contributed by atoms with van der Waals surface area (Å²) in [5.74, 6) is -0.635. The Hall–Kier alpha value is -2.11. The third-order valence-electron chi connectivity index (χ3n) is 1.88. The molecule has 0 saturated heterocycles. The van der Waals surface area contributed by atoms with Crippen molar-refractivity contribution in [2.24, 2.45) is 5.73 Å². The van der Waals surface area contributed by atoms with Crippen LogP contribution in [-0.2, 0) is 16.0 Å². The summed E-state index contributed by atoms with van der Waals surface area (Å²) in [6, 6.07) is 3.36. The van der Waals surface area contributed by atoms with Crippen molar-refractivity contribution in [2.45, 2.75) is 12.8 Å². The number of aromatic nitrogens is 1. The van der Waals surface area contributed by atoms with Gasteiger partial charge in [0.1, 0.15) is 0 Å². The Morgan fingerprint density at radius 1 is 1.38 bits per heavy atom. The maximum atomic E-state index is 11.3. The maximum absolute atomic E-state index is 11.3. The van der Waals surface area contributed by atoms with Gasteiger partial charge >= 0.3 is 0 Å². The molecule has 0 bridgehead atoms. The van der Waals surface area contributed by atoms with Gasteiger partial charge in [-0.2, -0.15) is 0 Å². The van der Waals surface area contributed by atoms with E-state index in [-0.39, 0.29) is 25.3 Å². The molecule has 0 aliphatic heterocycles. The summed E-state index contributed by atoms with van der Waals surface area (Å²) < 4.78 is 0. The Morgan fingerprint density at radius 3 is 2.69 bits per heavy atom. The van der Waals surface area contributed by atoms with E-state index >= 15 is 0 Å². The predicted molar refractivity (Wildman–Crippen MR) is 59.2 cm³/mol. The van der Waals surface area contributed by atoms with Gasteiger partial charge in [0.05, 0.1) is 18.3 Å². The molecule has 0 aromatic carbocycles. The number of hydrogen-bond donors (Lipinski definition) is 3. The average molecular weight is 222 g/mol. The zero-order chi connectivity index (χ0) is 12.0. The molecule has 0 unspecified atom stereocenters. The van der Waals surface area contributed by atoms with E-state index < -0.39 is 5.91 Å². The number of nitrogens with two attached hydrogens (primary N) is 2. The van der Waals surface area contributed by atoms with Gasteiger partial charge in [0.25, 0.3) is 0 Å². The number of anilines is 1. The van der Waals surface area contributed by atoms with E-state index in [4.69, 9.17) is 11.5 Å². The molecule has 0 radical (unpaired) electrons. The molecule has 0 fully saturated rings. The number of primary amides is 1. The topological polar surface area (TPSA) is 111 Å². The van der Waals surface area contributed by atoms with Gasteiger partial charge in [0, 0.05) is 18.7 Å². The highest BCUT2D eigenvalue weighted by atomic mass is 16.2. The molecule has 6 heteroatoms. The summed E-state index contributed by atoms with van der Waals surface area (Å²) in [7, 11) is 0. The molecule has 1 heterocycles. The van der Waals surface area contributed by atoms with E-state index in [0.29, 0.717) is 11.4 Å². The molecule has 86 valence electrons. The number of amides is 2. The van der Waals surface area contributed by atoms with Crippen LogP contribution in [0.2, 0.25) is 0 Å². The minimum Gasteiger partial charge on any atom is -0.397 e. The molecular weight excluding hydrogens is 208 g/mol. The van der Waals surface area contributed by atoms with Crippen LogP contribution in [0.3, 0.4) is 0 Å². The van der Waals surface area contributed by atoms with E-state index in [2.05, 4.69) is 10.3 Å². The lowest BCUT2D eigenvalue weighted by Gasteiger charge is -2.03. The molecule has 5 N–H and O–H groups in total. The first-order valence-corrected chi connectivity index (χ1v) is 4.83. The number of nitrogens with one attached hydrogen (secondary N) is 1. The zero-order valence-corrected chi connectivity index (χ0v) is 8.77. The van der Waals surface area contributed by atoms with Crippen LogP contribution in [0.25, 0.3) is 0 Å². The summed E-state index contributed by atoms with van der Waals surface area (Å²) in [5.41, 5.74) is 11.6. The SMILES string of the molecule is NC(=O)CCNC(=O)Cc1ccc(N)cn1. The molecule has 16 heavy (non-hydrogen) atoms. The summed E-state index contributed by atoms with van der Waals surface area (Å²) in [5, 5.41) is 2.57. The van der Waals surface area contributed by atoms with Crippen LogP contribution in [0.1, 0.15) is 12.1 Å². The molecule has 0 aliphatic carbocycles. The van der Waals surface area contributed by atoms with Gasteiger partial charge in [0.2, 0.25) is 11.8 Å². The summed E-state index contributed by atoms with van der Waals surface area (Å²) in [4.78, 5) is 25.7. The monoisotopic (exact) mass is 222 g/mol. The smallest absolute Gasteiger partial charge is 0.226 e. The van der Waals surface area contributed by atoms with Crippen LogP contribution in [-0.4, -0.2) is 23.3 Å². The van der Waals surface area contributed by atoms with E-state index in [1.807, 2.05) is 0 Å². The lowest BCUT2D eigenvalue weighted by molar-refractivity contribution is -0.120. The van der Waals surface area contributed by atoms with Crippen molar-refractivity contribution in [3.8, 4) is 0 Å². The molecule has 0 spiro atoms. The van der Waals surface area contributed by atoms with Gasteiger partial charge in [-0.3, -0.25) is 14.6 Å². The third kappa shape index (κ3) is 4.41. The highest BCUT2D eigenvalue weighted by Crippen LogP contribution is 2.01. The lowest BCUT2D eigenvalue weighted by atomic mass is 10.2. The first-order valence-electron chi connectivity index (χ1n) is 4.83. The molecule has 2 amide bonds. The van der Waals surface area contributed by atoms with Crippen LogP contribution < -0.4 is 16.8 Å². The van der Waals surface area contributed by atoms with Crippen molar-refractivity contribution < 1.29 is 9.59 Å². The highest BCUT2D eigenvalue weighted by molar-refractivity contribution is 5.79. The van der Waals surface area contributed by atoms with Crippen molar-refractivity contribution in [3.63, 3.8) is 0 Å². The van der Waals surface area contributed by atoms with Crippen molar-refractivity contribution in [1.29, 1.82) is 0 Å². The quantitative estimate of drug-likeness (QED) is 0.605. The van der Waals surface area contributed by atoms with E-state index in [1.165, 1.54) is 6.20 Å². The molecule has 1 rings (SSSR count). The second kappa shape index (κ2) is 5.69. The minimum atomic E-state index is -0.439. The number of pyridine rings is 1. The second-order valence-electron chi connectivity index (χ2n) is 3.33. The zero-order valence-electron chi connectivity index (χ0n) is 8.77. The van der Waals surface area contributed by atoms with Crippen molar-refractivity contribution in [1.82, 2.24) is 10.3 Å². The third-order valence-corrected chi connectivity index (χ3v) is 1.88. The van der Waals surface area contributed by atoms with Gasteiger partial charge < -0.3 is 16.8 Å². The normalized spacial score (nSPS) is 9.75. The van der Waals surface area contributed by atoms with E-state index in [0.717, 1.165) is 0 Å². The van der Waals surface area contributed by atoms with Crippen LogP contribution in [0.4, 0.5) is 5.69 Å². The van der Waals surface area contributed by atoms with E-state index in [9.17, 15) is 9.59 Å². The molecule has 1 aromatic rings. The number of carbonyl (C=O) groups excluding carboxylic acids is 2. The van der Waals surface area contributed by atoms with Crippen molar-refractivity contribution in [2.75, 3.05) is 12.3 Å². The summed E-state index contributed by atoms with van der Waals surface area (Å²) >= 11 is 0. The Labute approximate surface area is 93.0 Å². The Kier molecular flexibility index (Phi) is 4.26. The fourth-order valence-electron chi connectivity index (χ4n) is 1.09. The van der Waals surface area contributed by atoms with Crippen molar-refractivity contribution in [3.05, 3.63) is 24.0 Å². The Balaban J connectivity index is 2.34. The van der Waals surface area contributed by atoms with Crippen LogP contribution in [0.5, 0.6) is 0 Å². The van der Waals surface area contributed by atoms with Gasteiger partial charge in [-0.05, 0) is 12.1 Å². The second-order valence-corrected chi connectivity index (χ2v) is 3.33. The minimum absolute atomic E-state index is 0.140. The van der Waals surface area contributed by atoms with Gasteiger partial charge in [0.15, 0.2) is 0 Å². The van der Waals surface area contributed by atoms with Crippen LogP contribution in [0.15, 0.2) is 18.3 Å². The van der Waals surface area contributed by atoms with E-state index in [1.54, 1.807) is 12.1 Å². The predicted octanol–water partition coefficient (Wildman–Crippen LogP) is -0.802. The Bertz CT molecular complexity index is 375.